The Morgan fingerprint density at radius 3 is 1.89 bits per heavy atom. The fourth-order valence-electron chi connectivity index (χ4n) is 0.588. The summed E-state index contributed by atoms with van der Waals surface area (Å²) in [4.78, 5) is 0. The van der Waals surface area contributed by atoms with Crippen LogP contribution in [0, 0.1) is 5.41 Å². The van der Waals surface area contributed by atoms with Crippen LogP contribution in [0.25, 0.3) is 0 Å². The molecule has 0 aromatic carbocycles. The molecule has 0 aliphatic rings. The van der Waals surface area contributed by atoms with Crippen molar-refractivity contribution in [2.24, 2.45) is 5.41 Å². The van der Waals surface area contributed by atoms with Crippen molar-refractivity contribution in [2.75, 3.05) is 0 Å². The van der Waals surface area contributed by atoms with Gasteiger partial charge in [0.05, 0.1) is 0 Å². The maximum absolute atomic E-state index is 3.86. The van der Waals surface area contributed by atoms with Crippen molar-refractivity contribution in [3.63, 3.8) is 0 Å². The lowest BCUT2D eigenvalue weighted by Gasteiger charge is -2.17. The Hall–Kier alpha value is -0.260. The van der Waals surface area contributed by atoms with Gasteiger partial charge in [0.1, 0.15) is 0 Å². The third-order valence-electron chi connectivity index (χ3n) is 1.30. The zero-order chi connectivity index (χ0) is 7.49. The molecule has 0 bridgehead atoms. The minimum Gasteiger partial charge on any atom is -0.100 e. The van der Waals surface area contributed by atoms with Gasteiger partial charge in [-0.05, 0) is 25.2 Å². The monoisotopic (exact) mass is 126 g/mol. The van der Waals surface area contributed by atoms with Gasteiger partial charge in [-0.1, -0.05) is 26.3 Å². The molecule has 0 N–H and O–H groups in total. The summed E-state index contributed by atoms with van der Waals surface area (Å²) in [6, 6.07) is 0. The molecule has 0 aliphatic heterocycles. The molecule has 0 atom stereocenters. The van der Waals surface area contributed by atoms with E-state index in [0.29, 0.717) is 5.41 Å². The molecule has 0 aliphatic carbocycles. The lowest BCUT2D eigenvalue weighted by atomic mass is 9.89. The standard InChI is InChI=1S/C9H18/c1-8(2)6-7-9(3,4)5/h1,6-7H2,2-5H3. The van der Waals surface area contributed by atoms with Crippen molar-refractivity contribution in [3.05, 3.63) is 12.2 Å². The molecule has 54 valence electrons. The minimum absolute atomic E-state index is 0.471. The molecule has 0 saturated heterocycles. The summed E-state index contributed by atoms with van der Waals surface area (Å²) >= 11 is 0. The van der Waals surface area contributed by atoms with Gasteiger partial charge in [-0.15, -0.1) is 6.58 Å². The van der Waals surface area contributed by atoms with E-state index in [4.69, 9.17) is 0 Å². The Labute approximate surface area is 59.0 Å². The van der Waals surface area contributed by atoms with Gasteiger partial charge in [0.25, 0.3) is 0 Å². The van der Waals surface area contributed by atoms with E-state index in [2.05, 4.69) is 34.3 Å². The predicted molar refractivity (Wildman–Crippen MR) is 43.5 cm³/mol. The van der Waals surface area contributed by atoms with Gasteiger partial charge in [0.15, 0.2) is 0 Å². The van der Waals surface area contributed by atoms with Crippen LogP contribution >= 0.6 is 0 Å². The van der Waals surface area contributed by atoms with Gasteiger partial charge in [0, 0.05) is 0 Å². The summed E-state index contributed by atoms with van der Waals surface area (Å²) in [7, 11) is 0. The maximum Gasteiger partial charge on any atom is -0.0321 e. The van der Waals surface area contributed by atoms with Gasteiger partial charge < -0.3 is 0 Å². The Morgan fingerprint density at radius 2 is 1.78 bits per heavy atom. The number of hydrogen-bond acceptors (Lipinski definition) is 0. The molecule has 0 nitrogen and oxygen atoms in total. The normalized spacial score (nSPS) is 11.6. The van der Waals surface area contributed by atoms with Crippen molar-refractivity contribution in [3.8, 4) is 0 Å². The third kappa shape index (κ3) is 7.74. The number of allylic oxidation sites excluding steroid dienone is 1. The highest BCUT2D eigenvalue weighted by atomic mass is 14.1. The molecular formula is C9H18. The molecular weight excluding hydrogens is 108 g/mol. The fourth-order valence-corrected chi connectivity index (χ4v) is 0.588. The average Bonchev–Trinajstić information content (AvgIpc) is 1.59. The van der Waals surface area contributed by atoms with Crippen molar-refractivity contribution in [1.82, 2.24) is 0 Å². The average molecular weight is 126 g/mol. The van der Waals surface area contributed by atoms with Crippen LogP contribution in [-0.4, -0.2) is 0 Å². The van der Waals surface area contributed by atoms with Crippen LogP contribution in [-0.2, 0) is 0 Å². The second-order valence-corrected chi connectivity index (χ2v) is 4.02. The molecule has 0 spiro atoms. The lowest BCUT2D eigenvalue weighted by molar-refractivity contribution is 0.378. The molecule has 0 rings (SSSR count). The van der Waals surface area contributed by atoms with E-state index < -0.39 is 0 Å². The Morgan fingerprint density at radius 1 is 1.33 bits per heavy atom. The van der Waals surface area contributed by atoms with Gasteiger partial charge in [0.2, 0.25) is 0 Å². The summed E-state index contributed by atoms with van der Waals surface area (Å²) < 4.78 is 0. The second-order valence-electron chi connectivity index (χ2n) is 4.02. The minimum atomic E-state index is 0.471. The largest absolute Gasteiger partial charge is 0.100 e. The molecule has 0 radical (unpaired) electrons. The van der Waals surface area contributed by atoms with E-state index in [1.807, 2.05) is 0 Å². The molecule has 0 aromatic heterocycles. The molecule has 0 unspecified atom stereocenters. The first-order valence-electron chi connectivity index (χ1n) is 3.56. The van der Waals surface area contributed by atoms with Gasteiger partial charge in [-0.3, -0.25) is 0 Å². The zero-order valence-electron chi connectivity index (χ0n) is 7.12. The van der Waals surface area contributed by atoms with Crippen molar-refractivity contribution in [2.45, 2.75) is 40.5 Å². The summed E-state index contributed by atoms with van der Waals surface area (Å²) in [5.74, 6) is 0. The van der Waals surface area contributed by atoms with E-state index >= 15 is 0 Å². The smallest absolute Gasteiger partial charge is 0.0321 e. The number of hydrogen-bond donors (Lipinski definition) is 0. The van der Waals surface area contributed by atoms with Gasteiger partial charge in [-0.2, -0.15) is 0 Å². The summed E-state index contributed by atoms with van der Waals surface area (Å²) in [5, 5.41) is 0. The Bertz CT molecular complexity index is 93.1. The van der Waals surface area contributed by atoms with Crippen molar-refractivity contribution < 1.29 is 0 Å². The van der Waals surface area contributed by atoms with Crippen molar-refractivity contribution in [1.29, 1.82) is 0 Å². The number of rotatable bonds is 2. The highest BCUT2D eigenvalue weighted by Crippen LogP contribution is 2.22. The Balaban J connectivity index is 3.39. The van der Waals surface area contributed by atoms with Crippen LogP contribution in [0.5, 0.6) is 0 Å². The highest BCUT2D eigenvalue weighted by molar-refractivity contribution is 4.88. The molecule has 0 saturated carbocycles. The summed E-state index contributed by atoms with van der Waals surface area (Å²) in [6.07, 6.45) is 2.42. The topological polar surface area (TPSA) is 0 Å². The second kappa shape index (κ2) is 3.05. The first kappa shape index (κ1) is 8.74. The first-order valence-corrected chi connectivity index (χ1v) is 3.56. The van der Waals surface area contributed by atoms with Gasteiger partial charge >= 0.3 is 0 Å². The summed E-state index contributed by atoms with van der Waals surface area (Å²) in [6.45, 7) is 12.7. The first-order chi connectivity index (χ1) is 3.92. The quantitative estimate of drug-likeness (QED) is 0.497. The van der Waals surface area contributed by atoms with Gasteiger partial charge in [-0.25, -0.2) is 0 Å². The zero-order valence-corrected chi connectivity index (χ0v) is 7.12. The van der Waals surface area contributed by atoms with E-state index in [1.54, 1.807) is 0 Å². The van der Waals surface area contributed by atoms with Crippen LogP contribution in [0.4, 0.5) is 0 Å². The molecule has 0 fully saturated rings. The van der Waals surface area contributed by atoms with Crippen LogP contribution in [0.3, 0.4) is 0 Å². The molecule has 0 amide bonds. The molecule has 0 aromatic rings. The van der Waals surface area contributed by atoms with Crippen LogP contribution < -0.4 is 0 Å². The van der Waals surface area contributed by atoms with Crippen LogP contribution in [0.1, 0.15) is 40.5 Å². The van der Waals surface area contributed by atoms with E-state index in [-0.39, 0.29) is 0 Å². The summed E-state index contributed by atoms with van der Waals surface area (Å²) in [5.41, 5.74) is 1.77. The van der Waals surface area contributed by atoms with E-state index in [9.17, 15) is 0 Å². The third-order valence-corrected chi connectivity index (χ3v) is 1.30. The SMILES string of the molecule is C=C(C)CCC(C)(C)C. The predicted octanol–water partition coefficient (Wildman–Crippen LogP) is 3.39. The molecule has 9 heavy (non-hydrogen) atoms. The highest BCUT2D eigenvalue weighted by Gasteiger charge is 2.08. The van der Waals surface area contributed by atoms with Crippen LogP contribution in [0.15, 0.2) is 12.2 Å². The Kier molecular flexibility index (Phi) is 2.96. The molecule has 0 heteroatoms. The van der Waals surface area contributed by atoms with Crippen LogP contribution in [0.2, 0.25) is 0 Å². The molecule has 0 heterocycles. The maximum atomic E-state index is 3.86. The lowest BCUT2D eigenvalue weighted by Crippen LogP contribution is -2.03. The van der Waals surface area contributed by atoms with E-state index in [1.165, 1.54) is 18.4 Å². The fraction of sp³-hybridized carbons (Fsp3) is 0.778. The van der Waals surface area contributed by atoms with E-state index in [0.717, 1.165) is 0 Å². The van der Waals surface area contributed by atoms with Crippen molar-refractivity contribution >= 4 is 0 Å².